The minimum atomic E-state index is -0.639. The Kier molecular flexibility index (Phi) is 2.38. The van der Waals surface area contributed by atoms with Crippen LogP contribution in [0.3, 0.4) is 0 Å². The first-order valence-corrected chi connectivity index (χ1v) is 4.32. The summed E-state index contributed by atoms with van der Waals surface area (Å²) in [6.07, 6.45) is 0. The molecule has 0 spiro atoms. The quantitative estimate of drug-likeness (QED) is 0.450. The van der Waals surface area contributed by atoms with Crippen LogP contribution in [0.15, 0.2) is 0 Å². The molecule has 0 amide bonds. The Bertz CT molecular complexity index is 44.9. The van der Waals surface area contributed by atoms with Crippen LogP contribution in [-0.4, -0.2) is 32.0 Å². The van der Waals surface area contributed by atoms with Crippen LogP contribution in [0.25, 0.3) is 0 Å². The third kappa shape index (κ3) is 4.09. The molecule has 0 aromatic carbocycles. The van der Waals surface area contributed by atoms with E-state index in [1.54, 1.807) is 6.54 Å². The number of hydrogen-bond donors (Lipinski definition) is 1. The number of carboxylic acid groups (broad SMARTS) is 1. The van der Waals surface area contributed by atoms with Gasteiger partial charge >= 0.3 is 36.8 Å². The predicted octanol–water partition coefficient (Wildman–Crippen LogP) is -1.35. The van der Waals surface area contributed by atoms with Crippen molar-refractivity contribution in [2.24, 2.45) is 0 Å². The summed E-state index contributed by atoms with van der Waals surface area (Å²) in [6.45, 7) is 1.72. The Morgan fingerprint density at radius 1 is 2.00 bits per heavy atom. The number of carbonyl (C=O) groups is 1. The molecule has 0 aliphatic carbocycles. The molecule has 5 heavy (non-hydrogen) atoms. The summed E-state index contributed by atoms with van der Waals surface area (Å²) >= 11 is -0.639. The van der Waals surface area contributed by atoms with Crippen molar-refractivity contribution in [1.29, 1.82) is 0 Å². The van der Waals surface area contributed by atoms with Crippen molar-refractivity contribution < 1.29 is 9.90 Å². The van der Waals surface area contributed by atoms with Crippen LogP contribution in [0.2, 0.25) is 0 Å². The van der Waals surface area contributed by atoms with Gasteiger partial charge in [0.05, 0.1) is 0 Å². The first-order valence-electron chi connectivity index (χ1n) is 1.18. The van der Waals surface area contributed by atoms with E-state index in [4.69, 9.17) is 5.11 Å². The van der Waals surface area contributed by atoms with E-state index in [1.807, 2.05) is 0 Å². The number of hydrogen-bond acceptors (Lipinski definition) is 1. The Hall–Kier alpha value is 0.0934. The fraction of sp³-hybridized carbons (Fsp3) is 0. The van der Waals surface area contributed by atoms with Gasteiger partial charge in [-0.25, -0.2) is 0 Å². The molecule has 0 saturated carbocycles. The summed E-state index contributed by atoms with van der Waals surface area (Å²) in [7, 11) is 0. The summed E-state index contributed by atoms with van der Waals surface area (Å²) in [5.41, 5.74) is 0. The van der Waals surface area contributed by atoms with E-state index in [9.17, 15) is 4.79 Å². The van der Waals surface area contributed by atoms with Gasteiger partial charge in [-0.1, -0.05) is 0 Å². The molecule has 0 aromatic rings. The molecule has 0 heterocycles. The van der Waals surface area contributed by atoms with Crippen molar-refractivity contribution in [3.63, 3.8) is 0 Å². The average molecular weight is 134 g/mol. The van der Waals surface area contributed by atoms with E-state index in [1.165, 1.54) is 0 Å². The van der Waals surface area contributed by atoms with E-state index >= 15 is 0 Å². The van der Waals surface area contributed by atoms with E-state index in [2.05, 4.69) is 0 Å². The molecule has 2 nitrogen and oxygen atoms in total. The summed E-state index contributed by atoms with van der Waals surface area (Å²) in [6, 6.07) is 0. The maximum absolute atomic E-state index is 9.42. The van der Waals surface area contributed by atoms with Crippen LogP contribution >= 0.6 is 0 Å². The molecule has 0 aliphatic heterocycles. The van der Waals surface area contributed by atoms with E-state index in [-0.39, 0.29) is 0 Å². The van der Waals surface area contributed by atoms with Gasteiger partial charge < -0.3 is 0 Å². The second-order valence-electron chi connectivity index (χ2n) is 0.555. The topological polar surface area (TPSA) is 37.3 Å². The van der Waals surface area contributed by atoms with Crippen LogP contribution in [0.4, 0.5) is 4.79 Å². The normalized spacial score (nSPS) is 9.60. The monoisotopic (exact) mass is 134 g/mol. The van der Waals surface area contributed by atoms with Crippen molar-refractivity contribution in [2.75, 3.05) is 0 Å². The standard InChI is InChI=1S/CH4AsBO2/c3-2-1(4)5/h2H,3H2,(H,4,5). The second kappa shape index (κ2) is 2.34. The predicted molar refractivity (Wildman–Crippen MR) is 23.7 cm³/mol. The molecule has 0 rings (SSSR count). The zero-order chi connectivity index (χ0) is 4.28. The van der Waals surface area contributed by atoms with Crippen LogP contribution in [-0.2, 0) is 0 Å². The van der Waals surface area contributed by atoms with Gasteiger partial charge in [-0.15, -0.1) is 0 Å². The molecule has 1 unspecified atom stereocenters. The molecule has 4 heteroatoms. The number of rotatable bonds is 1. The zero-order valence-electron chi connectivity index (χ0n) is 2.86. The van der Waals surface area contributed by atoms with Gasteiger partial charge in [-0.3, -0.25) is 0 Å². The van der Waals surface area contributed by atoms with Crippen molar-refractivity contribution in [3.05, 3.63) is 0 Å². The molecule has 0 radical (unpaired) electrons. The van der Waals surface area contributed by atoms with Crippen molar-refractivity contribution in [2.45, 2.75) is 0 Å². The molecule has 28 valence electrons. The molecule has 0 aromatic heterocycles. The van der Waals surface area contributed by atoms with Crippen LogP contribution in [0.5, 0.6) is 0 Å². The van der Waals surface area contributed by atoms with Crippen LogP contribution in [0, 0.1) is 0 Å². The molecule has 0 aliphatic rings. The van der Waals surface area contributed by atoms with Crippen molar-refractivity contribution in [1.82, 2.24) is 0 Å². The van der Waals surface area contributed by atoms with Crippen LogP contribution in [0.1, 0.15) is 0 Å². The Morgan fingerprint density at radius 2 is 2.20 bits per heavy atom. The van der Waals surface area contributed by atoms with E-state index in [0.29, 0.717) is 0 Å². The molecular formula is CH4AsBO2. The Morgan fingerprint density at radius 3 is 2.20 bits per heavy atom. The summed E-state index contributed by atoms with van der Waals surface area (Å²) in [5, 5.41) is 7.78. The fourth-order valence-corrected chi connectivity index (χ4v) is 0. The Balaban J connectivity index is 2.85. The van der Waals surface area contributed by atoms with Gasteiger partial charge in [0, 0.05) is 0 Å². The minimum absolute atomic E-state index is 0.620. The van der Waals surface area contributed by atoms with E-state index in [0.717, 1.165) is 0 Å². The summed E-state index contributed by atoms with van der Waals surface area (Å²) in [4.78, 5) is 9.42. The summed E-state index contributed by atoms with van der Waals surface area (Å²) < 4.78 is -0.620. The zero-order valence-corrected chi connectivity index (χ0v) is 4.95. The van der Waals surface area contributed by atoms with Crippen molar-refractivity contribution >= 4 is 26.9 Å². The third-order valence-corrected chi connectivity index (χ3v) is 1.11. The van der Waals surface area contributed by atoms with Gasteiger partial charge in [0.15, 0.2) is 0 Å². The average Bonchev–Trinajstić information content (AvgIpc) is 1.38. The first kappa shape index (κ1) is 5.09. The second-order valence-corrected chi connectivity index (χ2v) is 2.50. The summed E-state index contributed by atoms with van der Waals surface area (Å²) in [5.74, 6) is 0. The molecular weight excluding hydrogens is 130 g/mol. The van der Waals surface area contributed by atoms with E-state index < -0.39 is 20.3 Å². The van der Waals surface area contributed by atoms with Gasteiger partial charge in [-0.2, -0.15) is 0 Å². The van der Waals surface area contributed by atoms with Crippen LogP contribution < -0.4 is 0 Å². The first-order chi connectivity index (χ1) is 2.27. The van der Waals surface area contributed by atoms with Gasteiger partial charge in [0.2, 0.25) is 0 Å². The molecule has 0 fully saturated rings. The maximum atomic E-state index is 9.42. The van der Waals surface area contributed by atoms with Gasteiger partial charge in [-0.05, 0) is 0 Å². The van der Waals surface area contributed by atoms with Gasteiger partial charge in [0.25, 0.3) is 0 Å². The van der Waals surface area contributed by atoms with Crippen molar-refractivity contribution in [3.8, 4) is 0 Å². The molecule has 1 atom stereocenters. The molecule has 0 bridgehead atoms. The third-order valence-electron chi connectivity index (χ3n) is 0.214. The SMILES string of the molecule is B[AsH]C(=O)O. The van der Waals surface area contributed by atoms with Gasteiger partial charge in [0.1, 0.15) is 0 Å². The Labute approximate surface area is 37.5 Å². The fourth-order valence-electron chi connectivity index (χ4n) is 0. The molecule has 0 saturated heterocycles. The molecule has 1 N–H and O–H groups in total.